The Morgan fingerprint density at radius 2 is 1.94 bits per heavy atom. The van der Waals surface area contributed by atoms with Gasteiger partial charge in [-0.05, 0) is 38.5 Å². The highest BCUT2D eigenvalue weighted by Gasteiger charge is 2.11. The molecule has 0 aliphatic carbocycles. The fourth-order valence-corrected chi connectivity index (χ4v) is 2.00. The molecule has 2 rings (SSSR count). The van der Waals surface area contributed by atoms with Gasteiger partial charge in [0.1, 0.15) is 5.76 Å². The van der Waals surface area contributed by atoms with Crippen molar-refractivity contribution in [2.24, 2.45) is 0 Å². The van der Waals surface area contributed by atoms with E-state index in [1.807, 2.05) is 38.1 Å². The number of nitrogens with one attached hydrogen (secondary N) is 1. The van der Waals surface area contributed by atoms with Gasteiger partial charge in [0.15, 0.2) is 0 Å². The molecule has 2 aromatic rings. The summed E-state index contributed by atoms with van der Waals surface area (Å²) >= 11 is 5.88. The van der Waals surface area contributed by atoms with Crippen molar-refractivity contribution in [3.63, 3.8) is 0 Å². The number of aryl methyl sites for hydroxylation is 2. The highest BCUT2D eigenvalue weighted by atomic mass is 35.5. The molecule has 0 saturated heterocycles. The molecule has 0 spiro atoms. The van der Waals surface area contributed by atoms with Gasteiger partial charge in [-0.15, -0.1) is 0 Å². The van der Waals surface area contributed by atoms with Crippen LogP contribution in [0.2, 0.25) is 5.02 Å². The first-order valence-corrected chi connectivity index (χ1v) is 6.36. The van der Waals surface area contributed by atoms with Crippen molar-refractivity contribution in [2.75, 3.05) is 0 Å². The second-order valence-electron chi connectivity index (χ2n) is 4.46. The van der Waals surface area contributed by atoms with Crippen LogP contribution in [0.1, 0.15) is 35.5 Å². The Balaban J connectivity index is 2.00. The third kappa shape index (κ3) is 2.92. The van der Waals surface area contributed by atoms with E-state index in [0.29, 0.717) is 0 Å². The molecule has 0 unspecified atom stereocenters. The Labute approximate surface area is 112 Å². The first kappa shape index (κ1) is 13.1. The molecule has 0 fully saturated rings. The number of hydrogen-bond acceptors (Lipinski definition) is 3. The predicted octanol–water partition coefficient (Wildman–Crippen LogP) is 3.80. The molecule has 0 radical (unpaired) electrons. The van der Waals surface area contributed by atoms with Crippen LogP contribution in [0.5, 0.6) is 0 Å². The molecule has 1 heterocycles. The molecule has 1 aromatic heterocycles. The quantitative estimate of drug-likeness (QED) is 0.913. The molecule has 96 valence electrons. The number of hydrogen-bond donors (Lipinski definition) is 1. The lowest BCUT2D eigenvalue weighted by Gasteiger charge is -2.14. The lowest BCUT2D eigenvalue weighted by molar-refractivity contribution is 0.391. The zero-order valence-electron chi connectivity index (χ0n) is 10.8. The zero-order chi connectivity index (χ0) is 13.1. The van der Waals surface area contributed by atoms with Gasteiger partial charge < -0.3 is 9.84 Å². The first-order valence-electron chi connectivity index (χ1n) is 5.98. The van der Waals surface area contributed by atoms with Crippen molar-refractivity contribution >= 4 is 11.6 Å². The van der Waals surface area contributed by atoms with Crippen LogP contribution in [-0.2, 0) is 6.54 Å². The van der Waals surface area contributed by atoms with Crippen LogP contribution in [-0.4, -0.2) is 5.16 Å². The third-order valence-corrected chi connectivity index (χ3v) is 3.39. The fraction of sp³-hybridized carbons (Fsp3) is 0.357. The van der Waals surface area contributed by atoms with Gasteiger partial charge in [-0.1, -0.05) is 28.9 Å². The highest BCUT2D eigenvalue weighted by Crippen LogP contribution is 2.18. The number of benzene rings is 1. The van der Waals surface area contributed by atoms with Gasteiger partial charge in [0.2, 0.25) is 0 Å². The van der Waals surface area contributed by atoms with Gasteiger partial charge in [-0.2, -0.15) is 0 Å². The lowest BCUT2D eigenvalue weighted by atomic mass is 10.1. The van der Waals surface area contributed by atoms with Crippen molar-refractivity contribution in [1.29, 1.82) is 0 Å². The van der Waals surface area contributed by atoms with Crippen LogP contribution in [0, 0.1) is 13.8 Å². The molecule has 0 aliphatic heterocycles. The summed E-state index contributed by atoms with van der Waals surface area (Å²) in [6.45, 7) is 6.77. The smallest absolute Gasteiger partial charge is 0.138 e. The summed E-state index contributed by atoms with van der Waals surface area (Å²) in [5.74, 6) is 0.878. The molecule has 0 aliphatic rings. The van der Waals surface area contributed by atoms with Crippen LogP contribution in [0.25, 0.3) is 0 Å². The van der Waals surface area contributed by atoms with E-state index in [2.05, 4.69) is 17.4 Å². The van der Waals surface area contributed by atoms with Crippen molar-refractivity contribution in [2.45, 2.75) is 33.4 Å². The van der Waals surface area contributed by atoms with Gasteiger partial charge >= 0.3 is 0 Å². The summed E-state index contributed by atoms with van der Waals surface area (Å²) in [5, 5.41) is 8.17. The van der Waals surface area contributed by atoms with Gasteiger partial charge in [0, 0.05) is 23.2 Å². The van der Waals surface area contributed by atoms with Gasteiger partial charge in [0.05, 0.1) is 5.69 Å². The second kappa shape index (κ2) is 5.55. The number of nitrogens with zero attached hydrogens (tertiary/aromatic N) is 1. The van der Waals surface area contributed by atoms with Crippen LogP contribution in [0.4, 0.5) is 0 Å². The van der Waals surface area contributed by atoms with E-state index >= 15 is 0 Å². The topological polar surface area (TPSA) is 38.1 Å². The number of halogens is 1. The van der Waals surface area contributed by atoms with Gasteiger partial charge in [-0.3, -0.25) is 0 Å². The Hall–Kier alpha value is -1.32. The first-order chi connectivity index (χ1) is 8.58. The molecule has 0 bridgehead atoms. The molecule has 1 atom stereocenters. The molecule has 1 aromatic carbocycles. The summed E-state index contributed by atoms with van der Waals surface area (Å²) in [6.07, 6.45) is 0. The van der Waals surface area contributed by atoms with Crippen molar-refractivity contribution in [3.8, 4) is 0 Å². The lowest BCUT2D eigenvalue weighted by Crippen LogP contribution is -2.18. The monoisotopic (exact) mass is 264 g/mol. The van der Waals surface area contributed by atoms with Crippen LogP contribution in [0.15, 0.2) is 28.8 Å². The van der Waals surface area contributed by atoms with E-state index in [-0.39, 0.29) is 6.04 Å². The Morgan fingerprint density at radius 1 is 1.28 bits per heavy atom. The zero-order valence-corrected chi connectivity index (χ0v) is 11.6. The average Bonchev–Trinajstić information content (AvgIpc) is 2.67. The van der Waals surface area contributed by atoms with E-state index in [0.717, 1.165) is 28.6 Å². The van der Waals surface area contributed by atoms with Gasteiger partial charge in [0.25, 0.3) is 0 Å². The molecule has 0 amide bonds. The normalized spacial score (nSPS) is 12.7. The van der Waals surface area contributed by atoms with Crippen molar-refractivity contribution in [1.82, 2.24) is 10.5 Å². The molecule has 3 nitrogen and oxygen atoms in total. The van der Waals surface area contributed by atoms with Crippen molar-refractivity contribution < 1.29 is 4.52 Å². The fourth-order valence-electron chi connectivity index (χ4n) is 1.88. The Kier molecular flexibility index (Phi) is 4.04. The van der Waals surface area contributed by atoms with E-state index in [9.17, 15) is 0 Å². The molecule has 4 heteroatoms. The van der Waals surface area contributed by atoms with E-state index in [1.54, 1.807) is 0 Å². The summed E-state index contributed by atoms with van der Waals surface area (Å²) < 4.78 is 5.14. The SMILES string of the molecule is Cc1noc(C)c1CN[C@@H](C)c1ccc(Cl)cc1. The maximum atomic E-state index is 5.88. The van der Waals surface area contributed by atoms with Gasteiger partial charge in [-0.25, -0.2) is 0 Å². The van der Waals surface area contributed by atoms with E-state index in [4.69, 9.17) is 16.1 Å². The van der Waals surface area contributed by atoms with E-state index in [1.165, 1.54) is 5.56 Å². The maximum Gasteiger partial charge on any atom is 0.138 e. The largest absolute Gasteiger partial charge is 0.361 e. The van der Waals surface area contributed by atoms with Crippen LogP contribution in [0.3, 0.4) is 0 Å². The highest BCUT2D eigenvalue weighted by molar-refractivity contribution is 6.30. The van der Waals surface area contributed by atoms with Crippen LogP contribution < -0.4 is 5.32 Å². The molecular weight excluding hydrogens is 248 g/mol. The Bertz CT molecular complexity index is 500. The predicted molar refractivity (Wildman–Crippen MR) is 72.7 cm³/mol. The summed E-state index contributed by atoms with van der Waals surface area (Å²) in [6, 6.07) is 8.15. The van der Waals surface area contributed by atoms with Crippen molar-refractivity contribution in [3.05, 3.63) is 51.9 Å². The maximum absolute atomic E-state index is 5.88. The summed E-state index contributed by atoms with van der Waals surface area (Å²) in [4.78, 5) is 0. The molecule has 1 N–H and O–H groups in total. The standard InChI is InChI=1S/C14H17ClN2O/c1-9(12-4-6-13(15)7-5-12)16-8-14-10(2)17-18-11(14)3/h4-7,9,16H,8H2,1-3H3/t9-/m0/s1. The minimum atomic E-state index is 0.260. The molecular formula is C14H17ClN2O. The Morgan fingerprint density at radius 3 is 2.50 bits per heavy atom. The molecule has 0 saturated carbocycles. The second-order valence-corrected chi connectivity index (χ2v) is 4.89. The summed E-state index contributed by atoms with van der Waals surface area (Å²) in [7, 11) is 0. The number of aromatic nitrogens is 1. The summed E-state index contributed by atoms with van der Waals surface area (Å²) in [5.41, 5.74) is 3.30. The minimum absolute atomic E-state index is 0.260. The number of rotatable bonds is 4. The third-order valence-electron chi connectivity index (χ3n) is 3.14. The average molecular weight is 265 g/mol. The van der Waals surface area contributed by atoms with E-state index < -0.39 is 0 Å². The molecule has 18 heavy (non-hydrogen) atoms. The van der Waals surface area contributed by atoms with Crippen LogP contribution >= 0.6 is 11.6 Å². The minimum Gasteiger partial charge on any atom is -0.361 e.